The van der Waals surface area contributed by atoms with Crippen molar-refractivity contribution in [1.29, 1.82) is 0 Å². The van der Waals surface area contributed by atoms with E-state index in [0.29, 0.717) is 6.42 Å². The van der Waals surface area contributed by atoms with E-state index in [0.717, 1.165) is 11.1 Å². The smallest absolute Gasteiger partial charge is 0.277 e. The summed E-state index contributed by atoms with van der Waals surface area (Å²) in [4.78, 5) is 35.7. The van der Waals surface area contributed by atoms with E-state index in [4.69, 9.17) is 0 Å². The fraction of sp³-hybridized carbons (Fsp3) is 0.167. The lowest BCUT2D eigenvalue weighted by molar-refractivity contribution is -0.136. The van der Waals surface area contributed by atoms with Crippen LogP contribution in [0.3, 0.4) is 0 Å². The Morgan fingerprint density at radius 1 is 0.783 bits per heavy atom. The first-order chi connectivity index (χ1) is 11.1. The standard InChI is InChI=1S/C18H16N2O3/c21-16-15(17(22)20-18(23)19-16)14(13-9-5-2-6-10-13)11-12-7-3-1-4-8-12/h1-10,14-15H,11H2,(H2,19,20,21,22,23)/t14-/m1/s1. The Hall–Kier alpha value is -2.95. The highest BCUT2D eigenvalue weighted by molar-refractivity contribution is 6.16. The molecule has 0 bridgehead atoms. The highest BCUT2D eigenvalue weighted by atomic mass is 16.2. The number of hydrogen-bond donors (Lipinski definition) is 2. The quantitative estimate of drug-likeness (QED) is 0.848. The number of carbonyl (C=O) groups is 3. The van der Waals surface area contributed by atoms with Gasteiger partial charge in [0.1, 0.15) is 5.92 Å². The lowest BCUT2D eigenvalue weighted by atomic mass is 9.80. The third kappa shape index (κ3) is 3.29. The number of nitrogens with one attached hydrogen (secondary N) is 2. The van der Waals surface area contributed by atoms with Crippen LogP contribution in [0.2, 0.25) is 0 Å². The van der Waals surface area contributed by atoms with Crippen molar-refractivity contribution < 1.29 is 14.4 Å². The molecule has 0 aromatic heterocycles. The molecule has 3 rings (SSSR count). The topological polar surface area (TPSA) is 75.3 Å². The molecule has 23 heavy (non-hydrogen) atoms. The summed E-state index contributed by atoms with van der Waals surface area (Å²) in [6, 6.07) is 18.3. The highest BCUT2D eigenvalue weighted by Crippen LogP contribution is 2.30. The van der Waals surface area contributed by atoms with Gasteiger partial charge in [-0.3, -0.25) is 20.2 Å². The molecule has 0 spiro atoms. The van der Waals surface area contributed by atoms with Gasteiger partial charge in [0, 0.05) is 5.92 Å². The van der Waals surface area contributed by atoms with Crippen molar-refractivity contribution >= 4 is 17.8 Å². The Morgan fingerprint density at radius 3 is 1.87 bits per heavy atom. The van der Waals surface area contributed by atoms with E-state index in [2.05, 4.69) is 10.6 Å². The SMILES string of the molecule is O=C1NC(=O)C([C@H](Cc2ccccc2)c2ccccc2)C(=O)N1. The molecule has 116 valence electrons. The van der Waals surface area contributed by atoms with Crippen molar-refractivity contribution in [1.82, 2.24) is 10.6 Å². The minimum Gasteiger partial charge on any atom is -0.277 e. The number of hydrogen-bond acceptors (Lipinski definition) is 3. The molecule has 1 aliphatic rings. The fourth-order valence-electron chi connectivity index (χ4n) is 2.89. The van der Waals surface area contributed by atoms with Crippen molar-refractivity contribution in [3.8, 4) is 0 Å². The fourth-order valence-corrected chi connectivity index (χ4v) is 2.89. The van der Waals surface area contributed by atoms with Gasteiger partial charge in [-0.2, -0.15) is 0 Å². The molecule has 1 heterocycles. The largest absolute Gasteiger partial charge is 0.328 e. The number of carbonyl (C=O) groups excluding carboxylic acids is 3. The van der Waals surface area contributed by atoms with Gasteiger partial charge in [0.2, 0.25) is 11.8 Å². The molecule has 5 nitrogen and oxygen atoms in total. The molecule has 0 saturated carbocycles. The maximum atomic E-state index is 12.2. The van der Waals surface area contributed by atoms with E-state index in [1.807, 2.05) is 60.7 Å². The van der Waals surface area contributed by atoms with Crippen LogP contribution in [0, 0.1) is 5.92 Å². The minimum atomic E-state index is -0.935. The van der Waals surface area contributed by atoms with Crippen LogP contribution in [0.1, 0.15) is 17.0 Å². The Labute approximate surface area is 133 Å². The summed E-state index contributed by atoms with van der Waals surface area (Å²) in [6.45, 7) is 0. The summed E-state index contributed by atoms with van der Waals surface area (Å²) in [7, 11) is 0. The first-order valence-corrected chi connectivity index (χ1v) is 7.39. The van der Waals surface area contributed by atoms with Gasteiger partial charge in [0.05, 0.1) is 0 Å². The number of urea groups is 1. The second-order valence-corrected chi connectivity index (χ2v) is 5.49. The highest BCUT2D eigenvalue weighted by Gasteiger charge is 2.40. The number of amides is 4. The number of rotatable bonds is 4. The van der Waals surface area contributed by atoms with Crippen LogP contribution in [-0.4, -0.2) is 17.8 Å². The van der Waals surface area contributed by atoms with Gasteiger partial charge in [-0.1, -0.05) is 60.7 Å². The minimum absolute atomic E-state index is 0.341. The van der Waals surface area contributed by atoms with E-state index in [9.17, 15) is 14.4 Å². The van der Waals surface area contributed by atoms with E-state index in [-0.39, 0.29) is 5.92 Å². The van der Waals surface area contributed by atoms with Crippen molar-refractivity contribution in [2.75, 3.05) is 0 Å². The van der Waals surface area contributed by atoms with Crippen LogP contribution in [0.4, 0.5) is 4.79 Å². The van der Waals surface area contributed by atoms with Gasteiger partial charge in [-0.05, 0) is 17.5 Å². The number of benzene rings is 2. The predicted octanol–water partition coefficient (Wildman–Crippen LogP) is 2.00. The number of barbiturate groups is 1. The van der Waals surface area contributed by atoms with Gasteiger partial charge in [0.15, 0.2) is 0 Å². The van der Waals surface area contributed by atoms with E-state index < -0.39 is 23.8 Å². The van der Waals surface area contributed by atoms with Gasteiger partial charge >= 0.3 is 6.03 Å². The molecule has 1 atom stereocenters. The van der Waals surface area contributed by atoms with E-state index >= 15 is 0 Å². The summed E-state index contributed by atoms with van der Waals surface area (Å²) in [5.41, 5.74) is 1.92. The number of imide groups is 2. The van der Waals surface area contributed by atoms with Crippen LogP contribution in [0.5, 0.6) is 0 Å². The molecular formula is C18H16N2O3. The van der Waals surface area contributed by atoms with Gasteiger partial charge < -0.3 is 0 Å². The van der Waals surface area contributed by atoms with Crippen LogP contribution in [-0.2, 0) is 16.0 Å². The molecular weight excluding hydrogens is 292 g/mol. The third-order valence-corrected chi connectivity index (χ3v) is 3.97. The summed E-state index contributed by atoms with van der Waals surface area (Å²) in [5.74, 6) is -2.38. The molecule has 2 N–H and O–H groups in total. The van der Waals surface area contributed by atoms with Crippen LogP contribution in [0.25, 0.3) is 0 Å². The zero-order chi connectivity index (χ0) is 16.2. The van der Waals surface area contributed by atoms with Crippen molar-refractivity contribution in [2.24, 2.45) is 5.92 Å². The second kappa shape index (κ2) is 6.44. The average Bonchev–Trinajstić information content (AvgIpc) is 2.55. The molecule has 1 aliphatic heterocycles. The molecule has 0 aliphatic carbocycles. The summed E-state index contributed by atoms with van der Waals surface area (Å²) in [6.07, 6.45) is 0.532. The summed E-state index contributed by atoms with van der Waals surface area (Å²) >= 11 is 0. The van der Waals surface area contributed by atoms with Gasteiger partial charge in [0.25, 0.3) is 0 Å². The molecule has 2 aromatic rings. The molecule has 0 unspecified atom stereocenters. The molecule has 0 radical (unpaired) electrons. The molecule has 5 heteroatoms. The van der Waals surface area contributed by atoms with E-state index in [1.54, 1.807) is 0 Å². The molecule has 2 aromatic carbocycles. The maximum absolute atomic E-state index is 12.2. The average molecular weight is 308 g/mol. The summed E-state index contributed by atoms with van der Waals surface area (Å²) in [5, 5.41) is 4.37. The normalized spacial score (nSPS) is 16.6. The Bertz CT molecular complexity index is 708. The van der Waals surface area contributed by atoms with Crippen LogP contribution < -0.4 is 10.6 Å². The summed E-state index contributed by atoms with van der Waals surface area (Å²) < 4.78 is 0. The third-order valence-electron chi connectivity index (χ3n) is 3.97. The Balaban J connectivity index is 1.96. The van der Waals surface area contributed by atoms with Crippen molar-refractivity contribution in [3.05, 3.63) is 71.8 Å². The lowest BCUT2D eigenvalue weighted by Crippen LogP contribution is -2.57. The predicted molar refractivity (Wildman–Crippen MR) is 84.5 cm³/mol. The lowest BCUT2D eigenvalue weighted by Gasteiger charge is -2.28. The van der Waals surface area contributed by atoms with Crippen molar-refractivity contribution in [2.45, 2.75) is 12.3 Å². The zero-order valence-electron chi connectivity index (χ0n) is 12.4. The van der Waals surface area contributed by atoms with E-state index in [1.165, 1.54) is 0 Å². The Kier molecular flexibility index (Phi) is 4.19. The van der Waals surface area contributed by atoms with Crippen LogP contribution in [0.15, 0.2) is 60.7 Å². The molecule has 1 saturated heterocycles. The Morgan fingerprint density at radius 2 is 1.30 bits per heavy atom. The van der Waals surface area contributed by atoms with Crippen molar-refractivity contribution in [3.63, 3.8) is 0 Å². The second-order valence-electron chi connectivity index (χ2n) is 5.49. The first-order valence-electron chi connectivity index (χ1n) is 7.39. The van der Waals surface area contributed by atoms with Gasteiger partial charge in [-0.25, -0.2) is 4.79 Å². The zero-order valence-corrected chi connectivity index (χ0v) is 12.4. The molecule has 4 amide bonds. The molecule has 1 fully saturated rings. The van der Waals surface area contributed by atoms with Gasteiger partial charge in [-0.15, -0.1) is 0 Å². The first kappa shape index (κ1) is 15.0. The monoisotopic (exact) mass is 308 g/mol. The maximum Gasteiger partial charge on any atom is 0.328 e. The van der Waals surface area contributed by atoms with Crippen LogP contribution >= 0.6 is 0 Å².